The molecule has 1 N–H and O–H groups in total. The molecule has 1 fully saturated rings. The van der Waals surface area contributed by atoms with Crippen molar-refractivity contribution in [1.82, 2.24) is 9.80 Å². The molecule has 0 aliphatic carbocycles. The first kappa shape index (κ1) is 13.8. The highest BCUT2D eigenvalue weighted by atomic mass is 79.9. The zero-order valence-electron chi connectivity index (χ0n) is 10.5. The molecule has 0 saturated carbocycles. The second kappa shape index (κ2) is 6.50. The van der Waals surface area contributed by atoms with Crippen molar-refractivity contribution < 1.29 is 0 Å². The van der Waals surface area contributed by atoms with Gasteiger partial charge in [-0.15, -0.1) is 0 Å². The third-order valence-electron chi connectivity index (χ3n) is 3.20. The number of piperazine rings is 1. The van der Waals surface area contributed by atoms with E-state index in [-0.39, 0.29) is 0 Å². The highest BCUT2D eigenvalue weighted by Crippen LogP contribution is 2.15. The first-order chi connectivity index (χ1) is 8.69. The summed E-state index contributed by atoms with van der Waals surface area (Å²) in [7, 11) is 0. The molecule has 0 amide bonds. The molecule has 0 aromatic heterocycles. The van der Waals surface area contributed by atoms with Crippen LogP contribution in [0.25, 0.3) is 0 Å². The Bertz CT molecular complexity index is 399. The van der Waals surface area contributed by atoms with E-state index in [4.69, 9.17) is 12.2 Å². The van der Waals surface area contributed by atoms with E-state index in [9.17, 15) is 0 Å². The fraction of sp³-hybridized carbons (Fsp3) is 0.462. The van der Waals surface area contributed by atoms with E-state index < -0.39 is 0 Å². The number of likely N-dealkylation sites (N-methyl/N-ethyl adjacent to an activating group) is 1. The third-order valence-corrected chi connectivity index (χ3v) is 4.09. The van der Waals surface area contributed by atoms with Crippen molar-refractivity contribution in [1.29, 1.82) is 0 Å². The minimum absolute atomic E-state index is 0.827. The van der Waals surface area contributed by atoms with Gasteiger partial charge in [-0.25, -0.2) is 0 Å². The summed E-state index contributed by atoms with van der Waals surface area (Å²) in [4.78, 5) is 4.68. The van der Waals surface area contributed by atoms with Gasteiger partial charge in [-0.2, -0.15) is 0 Å². The molecule has 2 rings (SSSR count). The van der Waals surface area contributed by atoms with Crippen LogP contribution in [0.5, 0.6) is 0 Å². The van der Waals surface area contributed by atoms with Crippen LogP contribution < -0.4 is 5.32 Å². The topological polar surface area (TPSA) is 18.5 Å². The zero-order chi connectivity index (χ0) is 13.0. The van der Waals surface area contributed by atoms with Crippen LogP contribution in [0.15, 0.2) is 28.7 Å². The van der Waals surface area contributed by atoms with E-state index in [0.29, 0.717) is 0 Å². The molecule has 0 bridgehead atoms. The molecule has 1 aromatic rings. The van der Waals surface area contributed by atoms with Crippen LogP contribution in [-0.4, -0.2) is 47.6 Å². The largest absolute Gasteiger partial charge is 0.346 e. The first-order valence-electron chi connectivity index (χ1n) is 6.23. The number of rotatable bonds is 2. The maximum atomic E-state index is 5.45. The van der Waals surface area contributed by atoms with Crippen LogP contribution in [0.1, 0.15) is 6.92 Å². The SMILES string of the molecule is CCN1CCN(C(=S)Nc2ccc(Br)cc2)CC1. The Balaban J connectivity index is 1.87. The van der Waals surface area contributed by atoms with Crippen LogP contribution in [0.2, 0.25) is 0 Å². The molecule has 98 valence electrons. The molecule has 0 atom stereocenters. The monoisotopic (exact) mass is 327 g/mol. The maximum absolute atomic E-state index is 5.45. The molecule has 0 radical (unpaired) electrons. The number of benzene rings is 1. The van der Waals surface area contributed by atoms with Crippen LogP contribution in [-0.2, 0) is 0 Å². The number of halogens is 1. The zero-order valence-corrected chi connectivity index (χ0v) is 12.9. The van der Waals surface area contributed by atoms with Gasteiger partial charge < -0.3 is 15.1 Å². The molecule has 1 heterocycles. The predicted molar refractivity (Wildman–Crippen MR) is 84.0 cm³/mol. The number of hydrogen-bond donors (Lipinski definition) is 1. The van der Waals surface area contributed by atoms with Gasteiger partial charge >= 0.3 is 0 Å². The lowest BCUT2D eigenvalue weighted by Crippen LogP contribution is -2.49. The van der Waals surface area contributed by atoms with Gasteiger partial charge in [0.05, 0.1) is 0 Å². The molecule has 0 spiro atoms. The smallest absolute Gasteiger partial charge is 0.173 e. The number of anilines is 1. The van der Waals surface area contributed by atoms with Gasteiger partial charge in [-0.05, 0) is 43.0 Å². The molecule has 1 saturated heterocycles. The molecule has 1 aliphatic rings. The number of thiocarbonyl (C=S) groups is 1. The second-order valence-electron chi connectivity index (χ2n) is 4.36. The van der Waals surface area contributed by atoms with Crippen molar-refractivity contribution in [2.45, 2.75) is 6.92 Å². The van der Waals surface area contributed by atoms with Gasteiger partial charge in [0.25, 0.3) is 0 Å². The summed E-state index contributed by atoms with van der Waals surface area (Å²) in [5, 5.41) is 4.12. The van der Waals surface area contributed by atoms with Gasteiger partial charge in [0.15, 0.2) is 5.11 Å². The quantitative estimate of drug-likeness (QED) is 0.841. The van der Waals surface area contributed by atoms with Crippen molar-refractivity contribution in [3.8, 4) is 0 Å². The summed E-state index contributed by atoms with van der Waals surface area (Å²) in [6, 6.07) is 8.08. The average molecular weight is 328 g/mol. The van der Waals surface area contributed by atoms with Gasteiger partial charge in [0.2, 0.25) is 0 Å². The van der Waals surface area contributed by atoms with Crippen molar-refractivity contribution in [3.63, 3.8) is 0 Å². The fourth-order valence-corrected chi connectivity index (χ4v) is 2.57. The molecular formula is C13H18BrN3S. The minimum Gasteiger partial charge on any atom is -0.346 e. The van der Waals surface area contributed by atoms with Crippen LogP contribution in [0, 0.1) is 0 Å². The Kier molecular flexibility index (Phi) is 4.97. The molecular weight excluding hydrogens is 310 g/mol. The van der Waals surface area contributed by atoms with Crippen molar-refractivity contribution in [3.05, 3.63) is 28.7 Å². The highest BCUT2D eigenvalue weighted by Gasteiger charge is 2.17. The van der Waals surface area contributed by atoms with E-state index in [1.165, 1.54) is 0 Å². The number of nitrogens with one attached hydrogen (secondary N) is 1. The van der Waals surface area contributed by atoms with E-state index >= 15 is 0 Å². The number of nitrogens with zero attached hydrogens (tertiary/aromatic N) is 2. The van der Waals surface area contributed by atoms with Gasteiger partial charge in [0, 0.05) is 36.3 Å². The van der Waals surface area contributed by atoms with Crippen molar-refractivity contribution in [2.75, 3.05) is 38.0 Å². The Morgan fingerprint density at radius 1 is 1.22 bits per heavy atom. The maximum Gasteiger partial charge on any atom is 0.173 e. The average Bonchev–Trinajstić information content (AvgIpc) is 2.41. The minimum atomic E-state index is 0.827. The molecule has 18 heavy (non-hydrogen) atoms. The summed E-state index contributed by atoms with van der Waals surface area (Å²) in [5.74, 6) is 0. The van der Waals surface area contributed by atoms with Gasteiger partial charge in [-0.1, -0.05) is 22.9 Å². The molecule has 0 unspecified atom stereocenters. The Morgan fingerprint density at radius 2 is 1.83 bits per heavy atom. The highest BCUT2D eigenvalue weighted by molar-refractivity contribution is 9.10. The summed E-state index contributed by atoms with van der Waals surface area (Å²) in [6.07, 6.45) is 0. The Labute approximate surface area is 122 Å². The Morgan fingerprint density at radius 3 is 2.39 bits per heavy atom. The summed E-state index contributed by atoms with van der Waals surface area (Å²) in [6.45, 7) is 7.54. The fourth-order valence-electron chi connectivity index (χ4n) is 2.00. The second-order valence-corrected chi connectivity index (χ2v) is 5.66. The van der Waals surface area contributed by atoms with Crippen LogP contribution in [0.3, 0.4) is 0 Å². The normalized spacial score (nSPS) is 16.7. The third kappa shape index (κ3) is 3.67. The molecule has 1 aliphatic heterocycles. The lowest BCUT2D eigenvalue weighted by molar-refractivity contribution is 0.191. The first-order valence-corrected chi connectivity index (χ1v) is 7.43. The van der Waals surface area contributed by atoms with E-state index in [1.807, 2.05) is 24.3 Å². The lowest BCUT2D eigenvalue weighted by Gasteiger charge is -2.35. The van der Waals surface area contributed by atoms with Crippen molar-refractivity contribution >= 4 is 38.9 Å². The van der Waals surface area contributed by atoms with E-state index in [0.717, 1.165) is 48.0 Å². The molecule has 5 heteroatoms. The van der Waals surface area contributed by atoms with Gasteiger partial charge in [-0.3, -0.25) is 0 Å². The lowest BCUT2D eigenvalue weighted by atomic mass is 10.3. The van der Waals surface area contributed by atoms with E-state index in [2.05, 4.69) is 38.0 Å². The predicted octanol–water partition coefficient (Wildman–Crippen LogP) is 2.78. The standard InChI is InChI=1S/C13H18BrN3S/c1-2-16-7-9-17(10-8-16)13(18)15-12-5-3-11(14)4-6-12/h3-6H,2,7-10H2,1H3,(H,15,18). The summed E-state index contributed by atoms with van der Waals surface area (Å²) in [5.41, 5.74) is 1.04. The van der Waals surface area contributed by atoms with E-state index in [1.54, 1.807) is 0 Å². The van der Waals surface area contributed by atoms with Crippen LogP contribution >= 0.6 is 28.1 Å². The summed E-state index contributed by atoms with van der Waals surface area (Å²) >= 11 is 8.87. The number of hydrogen-bond acceptors (Lipinski definition) is 2. The Hall–Kier alpha value is -0.650. The molecule has 1 aromatic carbocycles. The van der Waals surface area contributed by atoms with Crippen molar-refractivity contribution in [2.24, 2.45) is 0 Å². The van der Waals surface area contributed by atoms with Crippen LogP contribution in [0.4, 0.5) is 5.69 Å². The molecule has 3 nitrogen and oxygen atoms in total. The summed E-state index contributed by atoms with van der Waals surface area (Å²) < 4.78 is 1.08. The van der Waals surface area contributed by atoms with Gasteiger partial charge in [0.1, 0.15) is 0 Å².